The highest BCUT2D eigenvalue weighted by Crippen LogP contribution is 2.11. The van der Waals surface area contributed by atoms with Crippen LogP contribution in [0.2, 0.25) is 0 Å². The Hall–Kier alpha value is -2.16. The second kappa shape index (κ2) is 7.31. The van der Waals surface area contributed by atoms with Crippen molar-refractivity contribution in [3.8, 4) is 0 Å². The zero-order chi connectivity index (χ0) is 14.3. The van der Waals surface area contributed by atoms with Crippen LogP contribution in [0.25, 0.3) is 0 Å². The van der Waals surface area contributed by atoms with Gasteiger partial charge in [-0.05, 0) is 43.3 Å². The van der Waals surface area contributed by atoms with E-state index in [-0.39, 0.29) is 11.7 Å². The number of halogens is 1. The number of hydrogen-bond donors (Lipinski definition) is 1. The third-order valence-corrected chi connectivity index (χ3v) is 2.42. The van der Waals surface area contributed by atoms with Gasteiger partial charge in [0.2, 0.25) is 0 Å². The molecule has 0 fully saturated rings. The van der Waals surface area contributed by atoms with Gasteiger partial charge in [0.1, 0.15) is 5.82 Å². The first kappa shape index (κ1) is 14.9. The van der Waals surface area contributed by atoms with Gasteiger partial charge in [-0.3, -0.25) is 4.79 Å². The molecule has 1 amide bonds. The molecule has 1 N–H and O–H groups in total. The number of aryl methyl sites for hydroxylation is 1. The molecule has 0 aliphatic heterocycles. The van der Waals surface area contributed by atoms with E-state index in [9.17, 15) is 9.18 Å². The largest absolute Gasteiger partial charge is 0.322 e. The average Bonchev–Trinajstić information content (AvgIpc) is 2.44. The molecule has 100 valence electrons. The van der Waals surface area contributed by atoms with Crippen molar-refractivity contribution < 1.29 is 9.18 Å². The van der Waals surface area contributed by atoms with E-state index in [1.807, 2.05) is 45.0 Å². The number of nitrogens with one attached hydrogen (secondary N) is 1. The summed E-state index contributed by atoms with van der Waals surface area (Å²) in [5.74, 6) is -0.592. The summed E-state index contributed by atoms with van der Waals surface area (Å²) in [6.07, 6.45) is 0. The first-order valence-corrected chi connectivity index (χ1v) is 6.29. The molecule has 0 spiro atoms. The Labute approximate surface area is 113 Å². The summed E-state index contributed by atoms with van der Waals surface area (Å²) in [7, 11) is 0. The van der Waals surface area contributed by atoms with Crippen LogP contribution in [0.1, 0.15) is 29.8 Å². The van der Waals surface area contributed by atoms with E-state index in [0.717, 1.165) is 11.3 Å². The summed E-state index contributed by atoms with van der Waals surface area (Å²) < 4.78 is 12.7. The van der Waals surface area contributed by atoms with Crippen LogP contribution in [0.5, 0.6) is 0 Å². The molecule has 0 atom stereocenters. The summed E-state index contributed by atoms with van der Waals surface area (Å²) in [4.78, 5) is 11.8. The molecule has 0 radical (unpaired) electrons. The van der Waals surface area contributed by atoms with E-state index < -0.39 is 0 Å². The van der Waals surface area contributed by atoms with Crippen LogP contribution in [-0.2, 0) is 0 Å². The van der Waals surface area contributed by atoms with Crippen LogP contribution >= 0.6 is 0 Å². The standard InChI is InChI=1S/C14H12FNO.C2H6/c1-10-2-8-13(9-3-10)16-14(17)11-4-6-12(15)7-5-11;1-2/h2-9H,1H3,(H,16,17);1-2H3. The quantitative estimate of drug-likeness (QED) is 0.850. The Morgan fingerprint density at radius 2 is 1.47 bits per heavy atom. The molecule has 0 unspecified atom stereocenters. The lowest BCUT2D eigenvalue weighted by Crippen LogP contribution is -2.11. The van der Waals surface area contributed by atoms with Crippen molar-refractivity contribution in [3.63, 3.8) is 0 Å². The number of carbonyl (C=O) groups is 1. The van der Waals surface area contributed by atoms with Gasteiger partial charge in [-0.15, -0.1) is 0 Å². The maximum absolute atomic E-state index is 12.7. The van der Waals surface area contributed by atoms with E-state index in [1.165, 1.54) is 24.3 Å². The first-order chi connectivity index (χ1) is 9.15. The van der Waals surface area contributed by atoms with Crippen molar-refractivity contribution in [2.24, 2.45) is 0 Å². The Balaban J connectivity index is 0.000000861. The lowest BCUT2D eigenvalue weighted by molar-refractivity contribution is 0.102. The molecule has 0 aliphatic rings. The maximum Gasteiger partial charge on any atom is 0.255 e. The fraction of sp³-hybridized carbons (Fsp3) is 0.188. The minimum Gasteiger partial charge on any atom is -0.322 e. The highest BCUT2D eigenvalue weighted by molar-refractivity contribution is 6.04. The van der Waals surface area contributed by atoms with E-state index in [4.69, 9.17) is 0 Å². The van der Waals surface area contributed by atoms with Crippen molar-refractivity contribution in [3.05, 3.63) is 65.5 Å². The molecule has 3 heteroatoms. The fourth-order valence-corrected chi connectivity index (χ4v) is 1.44. The molecule has 2 nitrogen and oxygen atoms in total. The monoisotopic (exact) mass is 259 g/mol. The van der Waals surface area contributed by atoms with Gasteiger partial charge >= 0.3 is 0 Å². The molecule has 2 aromatic rings. The summed E-state index contributed by atoms with van der Waals surface area (Å²) in [5, 5.41) is 2.74. The molecule has 2 rings (SSSR count). The minimum atomic E-state index is -0.350. The van der Waals surface area contributed by atoms with Gasteiger partial charge in [0.15, 0.2) is 0 Å². The third-order valence-electron chi connectivity index (χ3n) is 2.42. The van der Waals surface area contributed by atoms with E-state index in [1.54, 1.807) is 0 Å². The van der Waals surface area contributed by atoms with E-state index in [0.29, 0.717) is 5.56 Å². The number of hydrogen-bond acceptors (Lipinski definition) is 1. The normalized spacial score (nSPS) is 9.26. The van der Waals surface area contributed by atoms with Crippen LogP contribution in [0.3, 0.4) is 0 Å². The van der Waals surface area contributed by atoms with Crippen molar-refractivity contribution in [1.29, 1.82) is 0 Å². The Kier molecular flexibility index (Phi) is 5.73. The Morgan fingerprint density at radius 1 is 0.947 bits per heavy atom. The summed E-state index contributed by atoms with van der Waals surface area (Å²) in [6.45, 7) is 5.98. The van der Waals surface area contributed by atoms with Crippen molar-refractivity contribution in [2.45, 2.75) is 20.8 Å². The summed E-state index contributed by atoms with van der Waals surface area (Å²) >= 11 is 0. The Bertz CT molecular complexity index is 517. The Morgan fingerprint density at radius 3 is 2.00 bits per heavy atom. The van der Waals surface area contributed by atoms with E-state index >= 15 is 0 Å². The molecule has 0 aromatic heterocycles. The minimum absolute atomic E-state index is 0.242. The van der Waals surface area contributed by atoms with Crippen LogP contribution in [0, 0.1) is 12.7 Å². The van der Waals surface area contributed by atoms with Gasteiger partial charge < -0.3 is 5.32 Å². The highest BCUT2D eigenvalue weighted by Gasteiger charge is 2.05. The van der Waals surface area contributed by atoms with E-state index in [2.05, 4.69) is 5.32 Å². The van der Waals surface area contributed by atoms with Gasteiger partial charge in [-0.2, -0.15) is 0 Å². The van der Waals surface area contributed by atoms with Gasteiger partial charge in [-0.25, -0.2) is 4.39 Å². The highest BCUT2D eigenvalue weighted by atomic mass is 19.1. The average molecular weight is 259 g/mol. The smallest absolute Gasteiger partial charge is 0.255 e. The van der Waals surface area contributed by atoms with Gasteiger partial charge in [0.25, 0.3) is 5.91 Å². The number of rotatable bonds is 2. The topological polar surface area (TPSA) is 29.1 Å². The molecule has 0 saturated heterocycles. The zero-order valence-electron chi connectivity index (χ0n) is 11.4. The van der Waals surface area contributed by atoms with Crippen LogP contribution in [0.4, 0.5) is 10.1 Å². The number of amides is 1. The molecule has 19 heavy (non-hydrogen) atoms. The van der Waals surface area contributed by atoms with Crippen LogP contribution in [-0.4, -0.2) is 5.91 Å². The molecular formula is C16H18FNO. The lowest BCUT2D eigenvalue weighted by Gasteiger charge is -2.05. The molecule has 0 bridgehead atoms. The van der Waals surface area contributed by atoms with Crippen LogP contribution in [0.15, 0.2) is 48.5 Å². The predicted molar refractivity (Wildman–Crippen MR) is 76.9 cm³/mol. The van der Waals surface area contributed by atoms with Crippen molar-refractivity contribution in [2.75, 3.05) is 5.32 Å². The lowest BCUT2D eigenvalue weighted by atomic mass is 10.2. The molecular weight excluding hydrogens is 241 g/mol. The number of carbonyl (C=O) groups excluding carboxylic acids is 1. The molecule has 2 aromatic carbocycles. The number of benzene rings is 2. The molecule has 0 saturated carbocycles. The van der Waals surface area contributed by atoms with Gasteiger partial charge in [0.05, 0.1) is 0 Å². The SMILES string of the molecule is CC.Cc1ccc(NC(=O)c2ccc(F)cc2)cc1. The first-order valence-electron chi connectivity index (χ1n) is 6.29. The van der Waals surface area contributed by atoms with Crippen molar-refractivity contribution >= 4 is 11.6 Å². The molecule has 0 heterocycles. The summed E-state index contributed by atoms with van der Waals surface area (Å²) in [5.41, 5.74) is 2.29. The van der Waals surface area contributed by atoms with Gasteiger partial charge in [-0.1, -0.05) is 31.5 Å². The maximum atomic E-state index is 12.7. The number of anilines is 1. The second-order valence-electron chi connectivity index (χ2n) is 3.83. The van der Waals surface area contributed by atoms with Crippen LogP contribution < -0.4 is 5.32 Å². The zero-order valence-corrected chi connectivity index (χ0v) is 11.4. The molecule has 0 aliphatic carbocycles. The predicted octanol–water partition coefficient (Wildman–Crippen LogP) is 4.41. The second-order valence-corrected chi connectivity index (χ2v) is 3.83. The fourth-order valence-electron chi connectivity index (χ4n) is 1.44. The van der Waals surface area contributed by atoms with Crippen molar-refractivity contribution in [1.82, 2.24) is 0 Å². The van der Waals surface area contributed by atoms with Gasteiger partial charge in [0, 0.05) is 11.3 Å². The summed E-state index contributed by atoms with van der Waals surface area (Å²) in [6, 6.07) is 12.9. The third kappa shape index (κ3) is 4.54.